The first kappa shape index (κ1) is 42.5. The van der Waals surface area contributed by atoms with Crippen LogP contribution >= 0.6 is 0 Å². The Bertz CT molecular complexity index is 3140. The van der Waals surface area contributed by atoms with Crippen molar-refractivity contribution in [2.75, 3.05) is 32.8 Å². The topological polar surface area (TPSA) is 175 Å². The lowest BCUT2D eigenvalue weighted by atomic mass is 9.94. The summed E-state index contributed by atoms with van der Waals surface area (Å²) in [5.74, 6) is 1.57. The van der Waals surface area contributed by atoms with Gasteiger partial charge in [0.25, 0.3) is 0 Å². The van der Waals surface area contributed by atoms with E-state index in [-0.39, 0.29) is 12.5 Å². The molecule has 334 valence electrons. The van der Waals surface area contributed by atoms with Gasteiger partial charge in [0.1, 0.15) is 64.8 Å². The molecule has 2 fully saturated rings. The maximum Gasteiger partial charge on any atom is 0.222 e. The number of aromatic nitrogens is 11. The number of benzene rings is 2. The van der Waals surface area contributed by atoms with Crippen molar-refractivity contribution in [3.63, 3.8) is 0 Å². The Morgan fingerprint density at radius 3 is 1.88 bits per heavy atom. The summed E-state index contributed by atoms with van der Waals surface area (Å²) in [6, 6.07) is 19.3. The highest BCUT2D eigenvalue weighted by atomic mass is 19.1. The number of nitrogens with one attached hydrogen (secondary N) is 1. The second kappa shape index (κ2) is 18.9. The molecule has 2 aromatic carbocycles. The second-order valence-electron chi connectivity index (χ2n) is 16.1. The molecule has 2 aliphatic heterocycles. The lowest BCUT2D eigenvalue weighted by Gasteiger charge is -2.23. The molecule has 1 N–H and O–H groups in total. The zero-order chi connectivity index (χ0) is 45.0. The van der Waals surface area contributed by atoms with E-state index >= 15 is 0 Å². The van der Waals surface area contributed by atoms with E-state index in [1.54, 1.807) is 39.0 Å². The third-order valence-corrected chi connectivity index (χ3v) is 12.1. The number of anilines is 2. The van der Waals surface area contributed by atoms with E-state index in [1.807, 2.05) is 52.1 Å². The van der Waals surface area contributed by atoms with Crippen LogP contribution in [0.5, 0.6) is 11.5 Å². The molecule has 2 atom stereocenters. The number of halogens is 1. The van der Waals surface area contributed by atoms with Crippen LogP contribution in [0.1, 0.15) is 67.8 Å². The van der Waals surface area contributed by atoms with Gasteiger partial charge in [-0.3, -0.25) is 14.1 Å². The molecular weight excluding hydrogens is 840 g/mol. The minimum atomic E-state index is -0.564. The van der Waals surface area contributed by atoms with E-state index in [4.69, 9.17) is 33.9 Å². The molecule has 0 saturated carbocycles. The fraction of sp³-hybridized carbons (Fsp3) is 0.286. The Kier molecular flexibility index (Phi) is 12.2. The van der Waals surface area contributed by atoms with Gasteiger partial charge in [0.05, 0.1) is 38.1 Å². The molecule has 2 aliphatic rings. The molecule has 17 heteroatoms. The summed E-state index contributed by atoms with van der Waals surface area (Å²) in [6.07, 6.45) is 18.3. The lowest BCUT2D eigenvalue weighted by Crippen LogP contribution is -2.17. The molecule has 2 unspecified atom stereocenters. The molecule has 0 spiro atoms. The smallest absolute Gasteiger partial charge is 0.222 e. The average molecular weight is 887 g/mol. The Morgan fingerprint density at radius 2 is 1.27 bits per heavy atom. The summed E-state index contributed by atoms with van der Waals surface area (Å²) < 4.78 is 40.6. The highest BCUT2D eigenvalue weighted by Gasteiger charge is 2.24. The van der Waals surface area contributed by atoms with Gasteiger partial charge >= 0.3 is 0 Å². The number of fused-ring (bicyclic) bond motifs is 3. The molecule has 0 aliphatic carbocycles. The normalized spacial score (nSPS) is 16.2. The van der Waals surface area contributed by atoms with Gasteiger partial charge in [-0.05, 0) is 92.3 Å². The van der Waals surface area contributed by atoms with Crippen LogP contribution in [-0.4, -0.2) is 81.4 Å². The number of nitrogens with zero attached hydrogens (tertiary/aromatic N) is 11. The van der Waals surface area contributed by atoms with Crippen LogP contribution in [0.4, 0.5) is 15.9 Å². The maximum atomic E-state index is 13.9. The van der Waals surface area contributed by atoms with E-state index in [2.05, 4.69) is 66.4 Å². The minimum Gasteiger partial charge on any atom is -0.497 e. The van der Waals surface area contributed by atoms with Crippen LogP contribution in [0.2, 0.25) is 0 Å². The Labute approximate surface area is 379 Å². The van der Waals surface area contributed by atoms with Gasteiger partial charge < -0.3 is 24.3 Å². The van der Waals surface area contributed by atoms with Gasteiger partial charge in [-0.2, -0.15) is 4.39 Å². The van der Waals surface area contributed by atoms with Crippen molar-refractivity contribution in [2.24, 2.45) is 0 Å². The molecule has 0 bridgehead atoms. The monoisotopic (exact) mass is 886 g/mol. The molecule has 9 aromatic rings. The van der Waals surface area contributed by atoms with Crippen LogP contribution in [0.3, 0.4) is 0 Å². The number of hydrogen-bond acceptors (Lipinski definition) is 14. The fourth-order valence-corrected chi connectivity index (χ4v) is 8.71. The quantitative estimate of drug-likeness (QED) is 0.129. The highest BCUT2D eigenvalue weighted by molar-refractivity contribution is 5.96. The number of aryl methyl sites for hydroxylation is 1. The molecular formula is C49H47FN12O4. The number of rotatable bonds is 10. The third kappa shape index (κ3) is 8.45. The van der Waals surface area contributed by atoms with E-state index in [0.29, 0.717) is 40.3 Å². The number of pyridine rings is 3. The van der Waals surface area contributed by atoms with E-state index in [1.165, 1.54) is 23.7 Å². The Balaban J connectivity index is 0.000000194. The SMILES string of the molecule is COc1cc(Nc2nccc3c(Cc4ncccc4-c4ncnc5c4ncn5C4CCCCO4)c(C)ccc23)cc(OC)c1.Fc1ncccc1-c1ncnc2c1ncn2C1CCCCO1. The summed E-state index contributed by atoms with van der Waals surface area (Å²) in [7, 11) is 3.28. The Morgan fingerprint density at radius 1 is 0.652 bits per heavy atom. The minimum absolute atomic E-state index is 0.0577. The summed E-state index contributed by atoms with van der Waals surface area (Å²) in [4.78, 5) is 40.1. The highest BCUT2D eigenvalue weighted by Crippen LogP contribution is 2.36. The fourth-order valence-electron chi connectivity index (χ4n) is 8.71. The van der Waals surface area contributed by atoms with E-state index in [0.717, 1.165) is 102 Å². The Hall–Kier alpha value is -7.50. The lowest BCUT2D eigenvalue weighted by molar-refractivity contribution is -0.0299. The first-order chi connectivity index (χ1) is 32.5. The van der Waals surface area contributed by atoms with Gasteiger partial charge in [0, 0.05) is 73.1 Å². The first-order valence-corrected chi connectivity index (χ1v) is 22.0. The molecule has 7 aromatic heterocycles. The van der Waals surface area contributed by atoms with E-state index < -0.39 is 5.95 Å². The predicted octanol–water partition coefficient (Wildman–Crippen LogP) is 9.52. The van der Waals surface area contributed by atoms with Gasteiger partial charge in [0.2, 0.25) is 5.95 Å². The summed E-state index contributed by atoms with van der Waals surface area (Å²) in [5.41, 5.74) is 9.27. The van der Waals surface area contributed by atoms with Crippen LogP contribution in [0, 0.1) is 12.9 Å². The van der Waals surface area contributed by atoms with Crippen molar-refractivity contribution in [3.05, 3.63) is 127 Å². The molecule has 16 nitrogen and oxygen atoms in total. The summed E-state index contributed by atoms with van der Waals surface area (Å²) >= 11 is 0. The second-order valence-corrected chi connectivity index (χ2v) is 16.1. The predicted molar refractivity (Wildman–Crippen MR) is 247 cm³/mol. The van der Waals surface area contributed by atoms with Crippen molar-refractivity contribution >= 4 is 44.6 Å². The summed E-state index contributed by atoms with van der Waals surface area (Å²) in [6.45, 7) is 3.62. The third-order valence-electron chi connectivity index (χ3n) is 12.1. The van der Waals surface area contributed by atoms with Gasteiger partial charge in [0.15, 0.2) is 11.3 Å². The van der Waals surface area contributed by atoms with Gasteiger partial charge in [-0.15, -0.1) is 0 Å². The van der Waals surface area contributed by atoms with Crippen molar-refractivity contribution in [3.8, 4) is 34.0 Å². The number of ether oxygens (including phenoxy) is 4. The molecule has 0 amide bonds. The van der Waals surface area contributed by atoms with Crippen molar-refractivity contribution in [1.29, 1.82) is 0 Å². The van der Waals surface area contributed by atoms with Crippen molar-refractivity contribution < 1.29 is 23.3 Å². The average Bonchev–Trinajstić information content (AvgIpc) is 4.02. The molecule has 9 heterocycles. The molecule has 2 saturated heterocycles. The van der Waals surface area contributed by atoms with Crippen molar-refractivity contribution in [2.45, 2.75) is 64.3 Å². The maximum absolute atomic E-state index is 13.9. The van der Waals surface area contributed by atoms with Gasteiger partial charge in [-0.25, -0.2) is 39.9 Å². The summed E-state index contributed by atoms with van der Waals surface area (Å²) in [5, 5.41) is 5.57. The molecule has 0 radical (unpaired) electrons. The van der Waals surface area contributed by atoms with Crippen LogP contribution in [-0.2, 0) is 15.9 Å². The number of hydrogen-bond donors (Lipinski definition) is 1. The molecule has 66 heavy (non-hydrogen) atoms. The zero-order valence-electron chi connectivity index (χ0n) is 36.8. The zero-order valence-corrected chi connectivity index (χ0v) is 36.8. The van der Waals surface area contributed by atoms with Gasteiger partial charge in [-0.1, -0.05) is 12.1 Å². The first-order valence-electron chi connectivity index (χ1n) is 22.0. The number of methoxy groups -OCH3 is 2. The molecule has 11 rings (SSSR count). The van der Waals surface area contributed by atoms with E-state index in [9.17, 15) is 4.39 Å². The van der Waals surface area contributed by atoms with Crippen LogP contribution in [0.25, 0.3) is 55.6 Å². The van der Waals surface area contributed by atoms with Crippen LogP contribution in [0.15, 0.2) is 105 Å². The van der Waals surface area contributed by atoms with Crippen molar-refractivity contribution in [1.82, 2.24) is 54.0 Å². The van der Waals surface area contributed by atoms with Crippen LogP contribution < -0.4 is 14.8 Å². The largest absolute Gasteiger partial charge is 0.497 e. The standard InChI is InChI=1S/C34H33N7O3.C15H14FN5O/c1-21-9-10-26-25(11-13-36-33(26)40-22-15-23(42-2)17-24(16-22)43-3)28(21)18-29-27(7-6-12-35-29)31-32-34(38-19-37-31)41(20-39-32)30-8-4-5-14-44-30;16-14-10(4-3-6-17-14)12-13-15(19-8-18-12)21(9-20-13)11-5-1-2-7-22-11/h6-7,9-13,15-17,19-20,30H,4-5,8,14,18H2,1-3H3,(H,36,40);3-4,6,8-9,11H,1-2,5,7H2. The number of imidazole rings is 2.